The molecule has 0 heterocycles. The molecule has 570 valence electrons. The van der Waals surface area contributed by atoms with E-state index < -0.39 is 291 Å². The summed E-state index contributed by atoms with van der Waals surface area (Å²) in [4.78, 5) is 138. The fourth-order valence-electron chi connectivity index (χ4n) is 7.58. The Hall–Kier alpha value is -7.65. The number of ether oxygens (including phenoxy) is 4. The van der Waals surface area contributed by atoms with Crippen molar-refractivity contribution in [3.05, 3.63) is 0 Å². The summed E-state index contributed by atoms with van der Waals surface area (Å²) in [6.45, 7) is -16.4. The first-order valence-corrected chi connectivity index (χ1v) is 30.1. The molecule has 0 rings (SSSR count). The predicted molar refractivity (Wildman–Crippen MR) is 326 cm³/mol. The van der Waals surface area contributed by atoms with Crippen LogP contribution in [0, 0.1) is 0 Å². The van der Waals surface area contributed by atoms with Gasteiger partial charge in [0.15, 0.2) is 0 Å². The van der Waals surface area contributed by atoms with Crippen LogP contribution in [0.1, 0.15) is 25.7 Å². The second-order valence-electron chi connectivity index (χ2n) is 20.9. The monoisotopic (exact) mass is 1440 g/mol. The van der Waals surface area contributed by atoms with Crippen molar-refractivity contribution in [2.45, 2.75) is 98.9 Å². The van der Waals surface area contributed by atoms with E-state index in [9.17, 15) is 120 Å². The number of hydrogen-bond acceptors (Lipinski definition) is 40. The van der Waals surface area contributed by atoms with Gasteiger partial charge in [0.05, 0.1) is 110 Å². The maximum atomic E-state index is 13.9. The number of carbonyl (C=O) groups is 9. The summed E-state index contributed by atoms with van der Waals surface area (Å²) in [6.07, 6.45) is -17.8. The minimum atomic E-state index is -1.75. The van der Waals surface area contributed by atoms with Crippen molar-refractivity contribution in [2.24, 2.45) is 20.6 Å². The minimum absolute atomic E-state index is 0.344. The fourth-order valence-corrected chi connectivity index (χ4v) is 7.58. The number of oxime groups is 4. The predicted octanol–water partition coefficient (Wildman–Crippen LogP) is -13.2. The molecular weight excluding hydrogens is 1350 g/mol. The fraction of sp³-hybridized carbons (Fsp3) is 0.759. The van der Waals surface area contributed by atoms with Crippen LogP contribution in [0.25, 0.3) is 0 Å². The normalized spacial score (nSPS) is 15.5. The highest BCUT2D eigenvalue weighted by Gasteiger charge is 2.29. The lowest BCUT2D eigenvalue weighted by Gasteiger charge is -2.30. The Morgan fingerprint density at radius 3 is 0.727 bits per heavy atom. The number of carbonyl (C=O) groups excluding carboxylic acids is 6. The first kappa shape index (κ1) is 91.4. The zero-order chi connectivity index (χ0) is 74.8. The van der Waals surface area contributed by atoms with E-state index >= 15 is 0 Å². The van der Waals surface area contributed by atoms with Crippen molar-refractivity contribution in [2.75, 3.05) is 164 Å². The lowest BCUT2D eigenvalue weighted by Crippen LogP contribution is -2.49. The maximum absolute atomic E-state index is 13.9. The van der Waals surface area contributed by atoms with E-state index in [2.05, 4.69) is 20.6 Å². The summed E-state index contributed by atoms with van der Waals surface area (Å²) in [5.74, 6) is -10.4. The second kappa shape index (κ2) is 54.2. The minimum Gasteiger partial charge on any atom is -0.480 e. The molecule has 0 bridgehead atoms. The zero-order valence-corrected chi connectivity index (χ0v) is 53.7. The standard InChI is InChI=1S/C54H93N9O36/c64-26-38(72)51(88)34(68)1-5-55-96-30-47(84)92-17-13-62(14-18-93-48(85)31-97-56-6-2-35(69)52(89)39(73)27-65)42(76)21-60(24-45(80)81)11-9-59(23-44(78)79)10-12-61(25-46(82)83)22-43(77)63(15-19-94-49(86)32-98-57-7-3-36(70)53(90)40(74)28-66)16-20-95-50(87)33-99-58-8-4-37(71)54(91)41(75)29-67/h5-8,34-41,51-54,64-75,88-91H,1-4,9-33H2,(H,78,79)(H,80,81)(H,82,83)/b55-5-,56-6+,57-7+,58-8+/t34-,35-,36-,37-,38-,39-,40-,41-,51+,52+,53+,54+/m0/s1. The molecule has 0 unspecified atom stereocenters. The molecule has 0 fully saturated rings. The van der Waals surface area contributed by atoms with Crippen molar-refractivity contribution in [3.63, 3.8) is 0 Å². The van der Waals surface area contributed by atoms with E-state index in [1.165, 1.54) is 4.90 Å². The van der Waals surface area contributed by atoms with Crippen LogP contribution in [0.5, 0.6) is 0 Å². The van der Waals surface area contributed by atoms with Crippen molar-refractivity contribution in [3.8, 4) is 0 Å². The van der Waals surface area contributed by atoms with Crippen LogP contribution >= 0.6 is 0 Å². The first-order valence-electron chi connectivity index (χ1n) is 30.1. The van der Waals surface area contributed by atoms with Gasteiger partial charge in [0.2, 0.25) is 38.2 Å². The highest BCUT2D eigenvalue weighted by molar-refractivity contribution is 5.80. The van der Waals surface area contributed by atoms with Crippen LogP contribution in [0.2, 0.25) is 0 Å². The Bertz CT molecular complexity index is 2190. The Kier molecular flexibility index (Phi) is 50.0. The third kappa shape index (κ3) is 44.2. The van der Waals surface area contributed by atoms with E-state index in [-0.39, 0.29) is 26.2 Å². The lowest BCUT2D eigenvalue weighted by atomic mass is 10.1. The zero-order valence-electron chi connectivity index (χ0n) is 53.7. The van der Waals surface area contributed by atoms with Crippen molar-refractivity contribution < 1.29 is 178 Å². The molecule has 45 heteroatoms. The molecule has 0 radical (unpaired) electrons. The Morgan fingerprint density at radius 1 is 0.303 bits per heavy atom. The molecule has 2 amide bonds. The molecule has 0 aliphatic heterocycles. The number of aliphatic hydroxyl groups is 16. The van der Waals surface area contributed by atoms with Crippen LogP contribution in [0.3, 0.4) is 0 Å². The molecule has 0 saturated heterocycles. The van der Waals surface area contributed by atoms with Crippen LogP contribution in [0.4, 0.5) is 0 Å². The van der Waals surface area contributed by atoms with Gasteiger partial charge in [-0.15, -0.1) is 0 Å². The Morgan fingerprint density at radius 2 is 0.515 bits per heavy atom. The Balaban J connectivity index is 6.38. The number of carboxylic acids is 3. The second-order valence-corrected chi connectivity index (χ2v) is 20.9. The van der Waals surface area contributed by atoms with Crippen molar-refractivity contribution in [1.29, 1.82) is 0 Å². The number of hydrogen-bond donors (Lipinski definition) is 19. The summed E-state index contributed by atoms with van der Waals surface area (Å²) >= 11 is 0. The summed E-state index contributed by atoms with van der Waals surface area (Å²) in [7, 11) is 0. The van der Waals surface area contributed by atoms with Gasteiger partial charge in [-0.2, -0.15) is 0 Å². The average Bonchev–Trinajstić information content (AvgIpc) is 1.21. The van der Waals surface area contributed by atoms with Crippen LogP contribution in [-0.4, -0.2) is 438 Å². The van der Waals surface area contributed by atoms with E-state index in [1.807, 2.05) is 0 Å². The van der Waals surface area contributed by atoms with Gasteiger partial charge in [0.25, 0.3) is 0 Å². The summed E-state index contributed by atoms with van der Waals surface area (Å²) < 4.78 is 20.4. The van der Waals surface area contributed by atoms with E-state index in [0.717, 1.165) is 44.5 Å². The number of rotatable bonds is 60. The van der Waals surface area contributed by atoms with Gasteiger partial charge in [-0.1, -0.05) is 20.6 Å². The van der Waals surface area contributed by atoms with Gasteiger partial charge >= 0.3 is 41.8 Å². The molecule has 0 aliphatic carbocycles. The number of amides is 2. The first-order chi connectivity index (χ1) is 46.9. The van der Waals surface area contributed by atoms with Gasteiger partial charge in [-0.25, -0.2) is 19.2 Å². The van der Waals surface area contributed by atoms with Crippen LogP contribution in [0.15, 0.2) is 20.6 Å². The van der Waals surface area contributed by atoms with E-state index in [0.29, 0.717) is 0 Å². The van der Waals surface area contributed by atoms with Gasteiger partial charge in [-0.3, -0.25) is 38.7 Å². The van der Waals surface area contributed by atoms with Gasteiger partial charge in [-0.05, 0) is 0 Å². The summed E-state index contributed by atoms with van der Waals surface area (Å²) in [6, 6.07) is 0. The van der Waals surface area contributed by atoms with Crippen molar-refractivity contribution >= 4 is 78.5 Å². The number of nitrogens with zero attached hydrogens (tertiary/aromatic N) is 9. The van der Waals surface area contributed by atoms with Crippen LogP contribution in [-0.2, 0) is 81.4 Å². The van der Waals surface area contributed by atoms with Gasteiger partial charge in [0.1, 0.15) is 75.3 Å². The molecule has 0 spiro atoms. The van der Waals surface area contributed by atoms with Crippen LogP contribution < -0.4 is 0 Å². The third-order valence-corrected chi connectivity index (χ3v) is 13.1. The van der Waals surface area contributed by atoms with Gasteiger partial charge in [0, 0.05) is 76.7 Å². The molecule has 0 aromatic rings. The molecule has 0 saturated carbocycles. The highest BCUT2D eigenvalue weighted by Crippen LogP contribution is 2.08. The quantitative estimate of drug-likeness (QED) is 0.0116. The number of carboxylic acid groups (broad SMARTS) is 3. The number of aliphatic hydroxyl groups excluding tert-OH is 16. The number of aliphatic carboxylic acids is 3. The molecule has 99 heavy (non-hydrogen) atoms. The largest absolute Gasteiger partial charge is 0.480 e. The number of esters is 4. The van der Waals surface area contributed by atoms with Gasteiger partial charge < -0.3 is 145 Å². The molecule has 0 aromatic heterocycles. The summed E-state index contributed by atoms with van der Waals surface area (Å²) in [5.41, 5.74) is 0. The molecule has 19 N–H and O–H groups in total. The third-order valence-electron chi connectivity index (χ3n) is 13.1. The topological polar surface area (TPSA) is 677 Å². The summed E-state index contributed by atoms with van der Waals surface area (Å²) in [5, 5.41) is 195. The molecule has 0 aromatic carbocycles. The molecular formula is C54H93N9O36. The average molecular weight is 1440 g/mol. The maximum Gasteiger partial charge on any atom is 0.347 e. The molecule has 12 atom stereocenters. The Labute approximate surface area is 564 Å². The molecule has 0 aliphatic rings. The SMILES string of the molecule is O=C(O)CN(CCN(CC(=O)O)CC(=O)N(CCOC(=O)CO/N=C\C[C@H](O)[C@@H](O)[C@@H](O)CO)CCOC(=O)CO/N=C/C[C@H](O)[C@@H](O)[C@@H](O)CO)CCN(CC(=O)O)CC(=O)N(CCOC(=O)CO/N=C/C[C@H](O)[C@@H](O)[C@@H](O)CO)CCOC(=O)CO/N=C/C[C@H](O)[C@@H](O)[C@@H](O)CO. The smallest absolute Gasteiger partial charge is 0.347 e. The lowest BCUT2D eigenvalue weighted by molar-refractivity contribution is -0.153. The van der Waals surface area contributed by atoms with E-state index in [4.69, 9.17) is 58.7 Å². The molecule has 45 nitrogen and oxygen atoms in total. The highest BCUT2D eigenvalue weighted by atomic mass is 16.7. The van der Waals surface area contributed by atoms with E-state index in [1.54, 1.807) is 0 Å². The van der Waals surface area contributed by atoms with Crippen molar-refractivity contribution in [1.82, 2.24) is 24.5 Å².